The molecule has 2 nitrogen and oxygen atoms in total. The summed E-state index contributed by atoms with van der Waals surface area (Å²) < 4.78 is 0. The number of aromatic carboxylic acids is 1. The van der Waals surface area contributed by atoms with Crippen molar-refractivity contribution < 1.29 is 9.90 Å². The normalized spacial score (nSPS) is 25.9. The third kappa shape index (κ3) is 1.36. The van der Waals surface area contributed by atoms with Gasteiger partial charge in [0.25, 0.3) is 0 Å². The lowest BCUT2D eigenvalue weighted by Crippen LogP contribution is -2.11. The minimum Gasteiger partial charge on any atom is -0.478 e. The van der Waals surface area contributed by atoms with Crippen molar-refractivity contribution in [1.29, 1.82) is 0 Å². The first kappa shape index (κ1) is 9.71. The maximum Gasteiger partial charge on any atom is 0.336 e. The molecule has 0 saturated carbocycles. The molecule has 0 fully saturated rings. The number of thiophene rings is 1. The maximum atomic E-state index is 11.0. The first-order valence-electron chi connectivity index (χ1n) is 4.95. The van der Waals surface area contributed by atoms with E-state index in [1.54, 1.807) is 16.7 Å². The minimum absolute atomic E-state index is 0.415. The van der Waals surface area contributed by atoms with Crippen LogP contribution in [0.5, 0.6) is 0 Å². The van der Waals surface area contributed by atoms with Crippen LogP contribution in [0, 0.1) is 0 Å². The van der Waals surface area contributed by atoms with Crippen LogP contribution < -0.4 is 0 Å². The van der Waals surface area contributed by atoms with E-state index in [1.807, 2.05) is 0 Å². The van der Waals surface area contributed by atoms with Gasteiger partial charge >= 0.3 is 5.97 Å². The van der Waals surface area contributed by atoms with Crippen LogP contribution in [0.2, 0.25) is 0 Å². The summed E-state index contributed by atoms with van der Waals surface area (Å²) in [6.07, 6.45) is 2.30. The highest BCUT2D eigenvalue weighted by atomic mass is 32.1. The summed E-state index contributed by atoms with van der Waals surface area (Å²) in [5.41, 5.74) is 1.63. The van der Waals surface area contributed by atoms with Crippen LogP contribution in [0.1, 0.15) is 59.3 Å². The van der Waals surface area contributed by atoms with E-state index in [0.717, 1.165) is 12.0 Å². The summed E-state index contributed by atoms with van der Waals surface area (Å²) in [6, 6.07) is 0. The Morgan fingerprint density at radius 3 is 2.71 bits per heavy atom. The standard InChI is InChI=1S/C11H14O2S/c1-6-3-4-7(2)10-9(6)8(5-14-10)11(12)13/h5-7H,3-4H2,1-2H3,(H,12,13). The van der Waals surface area contributed by atoms with Gasteiger partial charge in [-0.25, -0.2) is 4.79 Å². The Morgan fingerprint density at radius 2 is 2.07 bits per heavy atom. The van der Waals surface area contributed by atoms with E-state index in [2.05, 4.69) is 13.8 Å². The molecule has 3 heteroatoms. The molecule has 0 amide bonds. The minimum atomic E-state index is -0.775. The topological polar surface area (TPSA) is 37.3 Å². The molecule has 1 aromatic rings. The molecule has 1 N–H and O–H groups in total. The fourth-order valence-electron chi connectivity index (χ4n) is 2.21. The predicted molar refractivity (Wildman–Crippen MR) is 57.3 cm³/mol. The van der Waals surface area contributed by atoms with Crippen LogP contribution >= 0.6 is 11.3 Å². The molecule has 76 valence electrons. The van der Waals surface area contributed by atoms with E-state index in [9.17, 15) is 4.79 Å². The van der Waals surface area contributed by atoms with Gasteiger partial charge in [-0.15, -0.1) is 11.3 Å². The fourth-order valence-corrected chi connectivity index (χ4v) is 3.47. The van der Waals surface area contributed by atoms with Crippen molar-refractivity contribution in [1.82, 2.24) is 0 Å². The molecular formula is C11H14O2S. The molecule has 0 radical (unpaired) electrons. The van der Waals surface area contributed by atoms with Crippen molar-refractivity contribution in [2.45, 2.75) is 38.5 Å². The number of rotatable bonds is 1. The zero-order chi connectivity index (χ0) is 10.3. The molecule has 1 aromatic heterocycles. The zero-order valence-electron chi connectivity index (χ0n) is 8.41. The molecule has 0 spiro atoms. The number of carboxylic acid groups (broad SMARTS) is 1. The molecule has 1 aliphatic rings. The lowest BCUT2D eigenvalue weighted by atomic mass is 9.82. The van der Waals surface area contributed by atoms with Crippen LogP contribution in [0.3, 0.4) is 0 Å². The van der Waals surface area contributed by atoms with Crippen LogP contribution in [-0.4, -0.2) is 11.1 Å². The Kier molecular flexibility index (Phi) is 2.35. The summed E-state index contributed by atoms with van der Waals surface area (Å²) in [5, 5.41) is 10.8. The van der Waals surface area contributed by atoms with Gasteiger partial charge in [0.1, 0.15) is 0 Å². The van der Waals surface area contributed by atoms with Gasteiger partial charge in [-0.3, -0.25) is 0 Å². The van der Waals surface area contributed by atoms with Crippen molar-refractivity contribution in [2.24, 2.45) is 0 Å². The third-order valence-corrected chi connectivity index (χ3v) is 4.29. The van der Waals surface area contributed by atoms with Gasteiger partial charge < -0.3 is 5.11 Å². The Balaban J connectivity index is 2.53. The van der Waals surface area contributed by atoms with Crippen molar-refractivity contribution >= 4 is 17.3 Å². The smallest absolute Gasteiger partial charge is 0.336 e. The molecule has 14 heavy (non-hydrogen) atoms. The molecular weight excluding hydrogens is 196 g/mol. The Hall–Kier alpha value is -0.830. The highest BCUT2D eigenvalue weighted by molar-refractivity contribution is 7.10. The van der Waals surface area contributed by atoms with Crippen molar-refractivity contribution in [3.63, 3.8) is 0 Å². The number of hydrogen-bond acceptors (Lipinski definition) is 2. The molecule has 2 atom stereocenters. The van der Waals surface area contributed by atoms with Gasteiger partial charge in [-0.05, 0) is 30.2 Å². The molecule has 0 bridgehead atoms. The summed E-state index contributed by atoms with van der Waals surface area (Å²) in [4.78, 5) is 12.3. The van der Waals surface area contributed by atoms with Gasteiger partial charge in [0.2, 0.25) is 0 Å². The number of fused-ring (bicyclic) bond motifs is 1. The largest absolute Gasteiger partial charge is 0.478 e. The summed E-state index contributed by atoms with van der Waals surface area (Å²) in [5.74, 6) is 0.182. The van der Waals surface area contributed by atoms with Gasteiger partial charge in [0.05, 0.1) is 5.56 Å². The summed E-state index contributed by atoms with van der Waals surface area (Å²) >= 11 is 1.61. The first-order chi connectivity index (χ1) is 6.61. The van der Waals surface area contributed by atoms with Gasteiger partial charge in [-0.1, -0.05) is 13.8 Å². The van der Waals surface area contributed by atoms with Crippen molar-refractivity contribution in [3.05, 3.63) is 21.4 Å². The average Bonchev–Trinajstić information content (AvgIpc) is 2.56. The predicted octanol–water partition coefficient (Wildman–Crippen LogP) is 3.45. The second-order valence-corrected chi connectivity index (χ2v) is 5.02. The average molecular weight is 210 g/mol. The van der Waals surface area contributed by atoms with E-state index in [-0.39, 0.29) is 0 Å². The van der Waals surface area contributed by atoms with Crippen molar-refractivity contribution in [2.75, 3.05) is 0 Å². The van der Waals surface area contributed by atoms with Crippen LogP contribution in [0.15, 0.2) is 5.38 Å². The highest BCUT2D eigenvalue weighted by Crippen LogP contribution is 2.43. The Bertz CT molecular complexity index is 367. The maximum absolute atomic E-state index is 11.0. The third-order valence-electron chi connectivity index (χ3n) is 3.06. The molecule has 1 heterocycles. The van der Waals surface area contributed by atoms with Gasteiger partial charge in [0, 0.05) is 10.3 Å². The monoisotopic (exact) mass is 210 g/mol. The second-order valence-electron chi connectivity index (χ2n) is 4.11. The molecule has 0 aromatic carbocycles. The molecule has 2 rings (SSSR count). The Morgan fingerprint density at radius 1 is 1.43 bits per heavy atom. The molecule has 0 aliphatic heterocycles. The number of carbonyl (C=O) groups is 1. The van der Waals surface area contributed by atoms with Crippen molar-refractivity contribution in [3.8, 4) is 0 Å². The summed E-state index contributed by atoms with van der Waals surface area (Å²) in [6.45, 7) is 4.32. The first-order valence-corrected chi connectivity index (χ1v) is 5.83. The van der Waals surface area contributed by atoms with E-state index in [4.69, 9.17) is 5.11 Å². The van der Waals surface area contributed by atoms with E-state index >= 15 is 0 Å². The highest BCUT2D eigenvalue weighted by Gasteiger charge is 2.28. The second kappa shape index (κ2) is 3.39. The molecule has 0 saturated heterocycles. The zero-order valence-corrected chi connectivity index (χ0v) is 9.23. The Labute approximate surface area is 87.6 Å². The quantitative estimate of drug-likeness (QED) is 0.770. The van der Waals surface area contributed by atoms with E-state index < -0.39 is 5.97 Å². The van der Waals surface area contributed by atoms with Crippen LogP contribution in [0.4, 0.5) is 0 Å². The van der Waals surface area contributed by atoms with Gasteiger partial charge in [0.15, 0.2) is 0 Å². The lowest BCUT2D eigenvalue weighted by molar-refractivity contribution is 0.0695. The van der Waals surface area contributed by atoms with Crippen LogP contribution in [-0.2, 0) is 0 Å². The lowest BCUT2D eigenvalue weighted by Gasteiger charge is -2.24. The number of carboxylic acids is 1. The number of hydrogen-bond donors (Lipinski definition) is 1. The van der Waals surface area contributed by atoms with Crippen LogP contribution in [0.25, 0.3) is 0 Å². The van der Waals surface area contributed by atoms with E-state index in [1.165, 1.54) is 11.3 Å². The molecule has 1 aliphatic carbocycles. The fraction of sp³-hybridized carbons (Fsp3) is 0.545. The van der Waals surface area contributed by atoms with Gasteiger partial charge in [-0.2, -0.15) is 0 Å². The molecule has 2 unspecified atom stereocenters. The van der Waals surface area contributed by atoms with E-state index in [0.29, 0.717) is 17.4 Å². The summed E-state index contributed by atoms with van der Waals surface area (Å²) in [7, 11) is 0. The SMILES string of the molecule is CC1CCC(C)c2c(C(=O)O)csc21.